The van der Waals surface area contributed by atoms with Gasteiger partial charge in [-0.15, -0.1) is 0 Å². The van der Waals surface area contributed by atoms with Gasteiger partial charge in [0.25, 0.3) is 5.56 Å². The average molecular weight is 671 g/mol. The van der Waals surface area contributed by atoms with E-state index in [2.05, 4.69) is 43.5 Å². The van der Waals surface area contributed by atoms with E-state index in [4.69, 9.17) is 9.47 Å². The number of carbonyl (C=O) groups excluding carboxylic acids is 1. The molecule has 2 heterocycles. The monoisotopic (exact) mass is 670 g/mol. The fourth-order valence-electron chi connectivity index (χ4n) is 3.88. The quantitative estimate of drug-likeness (QED) is 0.282. The molecule has 0 fully saturated rings. The van der Waals surface area contributed by atoms with Crippen LogP contribution in [0.15, 0.2) is 61.9 Å². The third kappa shape index (κ3) is 5.14. The summed E-state index contributed by atoms with van der Waals surface area (Å²) in [5.41, 5.74) is 1.73. The number of halogens is 3. The van der Waals surface area contributed by atoms with Crippen molar-refractivity contribution in [1.82, 2.24) is 4.57 Å². The van der Waals surface area contributed by atoms with E-state index in [9.17, 15) is 14.0 Å². The van der Waals surface area contributed by atoms with Crippen molar-refractivity contribution in [1.29, 1.82) is 0 Å². The van der Waals surface area contributed by atoms with Gasteiger partial charge in [-0.3, -0.25) is 9.36 Å². The Morgan fingerprint density at radius 3 is 2.63 bits per heavy atom. The molecule has 1 atom stereocenters. The van der Waals surface area contributed by atoms with Crippen LogP contribution in [0.1, 0.15) is 37.9 Å². The lowest BCUT2D eigenvalue weighted by molar-refractivity contribution is -0.139. The molecule has 35 heavy (non-hydrogen) atoms. The molecule has 4 rings (SSSR count). The zero-order chi connectivity index (χ0) is 25.3. The average Bonchev–Trinajstić information content (AvgIpc) is 3.10. The van der Waals surface area contributed by atoms with E-state index in [1.807, 2.05) is 19.1 Å². The lowest BCUT2D eigenvalue weighted by Gasteiger charge is -2.24. The van der Waals surface area contributed by atoms with Gasteiger partial charge >= 0.3 is 5.97 Å². The number of thiazole rings is 1. The van der Waals surface area contributed by atoms with E-state index in [1.165, 1.54) is 28.0 Å². The van der Waals surface area contributed by atoms with Crippen LogP contribution in [0, 0.1) is 9.39 Å². The maximum atomic E-state index is 13.7. The molecule has 10 heteroatoms. The summed E-state index contributed by atoms with van der Waals surface area (Å²) in [6.07, 6.45) is 1.77. The second kappa shape index (κ2) is 10.8. The van der Waals surface area contributed by atoms with Crippen LogP contribution >= 0.6 is 49.9 Å². The van der Waals surface area contributed by atoms with Crippen LogP contribution < -0.4 is 19.6 Å². The fourth-order valence-corrected chi connectivity index (χ4v) is 6.62. The number of ether oxygens (including phenoxy) is 2. The first-order valence-corrected chi connectivity index (χ1v) is 13.5. The Labute approximate surface area is 227 Å². The lowest BCUT2D eigenvalue weighted by atomic mass is 9.96. The third-order valence-corrected chi connectivity index (χ3v) is 7.56. The van der Waals surface area contributed by atoms with E-state index in [1.54, 1.807) is 32.1 Å². The molecule has 0 spiro atoms. The molecule has 182 valence electrons. The Kier molecular flexibility index (Phi) is 7.92. The van der Waals surface area contributed by atoms with Gasteiger partial charge in [0, 0.05) is 10.0 Å². The molecular formula is C25H21BrFIN2O4S. The number of carbonyl (C=O) groups is 1. The summed E-state index contributed by atoms with van der Waals surface area (Å²) < 4.78 is 28.5. The lowest BCUT2D eigenvalue weighted by Crippen LogP contribution is -2.39. The highest BCUT2D eigenvalue weighted by atomic mass is 127. The van der Waals surface area contributed by atoms with Gasteiger partial charge in [0.05, 0.1) is 38.6 Å². The van der Waals surface area contributed by atoms with E-state index in [0.29, 0.717) is 33.0 Å². The van der Waals surface area contributed by atoms with Gasteiger partial charge in [-0.25, -0.2) is 14.2 Å². The molecule has 0 unspecified atom stereocenters. The number of fused-ring (bicyclic) bond motifs is 1. The fraction of sp³-hybridized carbons (Fsp3) is 0.240. The van der Waals surface area contributed by atoms with Gasteiger partial charge in [-0.1, -0.05) is 39.4 Å². The second-order valence-electron chi connectivity index (χ2n) is 7.59. The second-order valence-corrected chi connectivity index (χ2v) is 10.7. The Bertz CT molecular complexity index is 1510. The molecule has 0 bridgehead atoms. The van der Waals surface area contributed by atoms with Gasteiger partial charge < -0.3 is 9.47 Å². The van der Waals surface area contributed by atoms with Gasteiger partial charge in [-0.2, -0.15) is 0 Å². The van der Waals surface area contributed by atoms with Crippen molar-refractivity contribution >= 4 is 61.9 Å². The zero-order valence-corrected chi connectivity index (χ0v) is 23.7. The van der Waals surface area contributed by atoms with Crippen LogP contribution in [0.4, 0.5) is 4.39 Å². The van der Waals surface area contributed by atoms with Crippen molar-refractivity contribution in [3.8, 4) is 5.75 Å². The topological polar surface area (TPSA) is 69.9 Å². The molecule has 1 aliphatic heterocycles. The number of benzene rings is 2. The summed E-state index contributed by atoms with van der Waals surface area (Å²) in [4.78, 5) is 31.6. The maximum absolute atomic E-state index is 13.7. The predicted molar refractivity (Wildman–Crippen MR) is 145 cm³/mol. The van der Waals surface area contributed by atoms with E-state index >= 15 is 0 Å². The van der Waals surface area contributed by atoms with E-state index < -0.39 is 17.8 Å². The summed E-state index contributed by atoms with van der Waals surface area (Å²) in [6, 6.07) is 8.79. The van der Waals surface area contributed by atoms with Crippen LogP contribution in [0.2, 0.25) is 0 Å². The standard InChI is InChI=1S/C25H21BrFIN2O4S/c1-4-33-22-15(10-16(26)12-18(22)28)11-19-23(31)30-21(14-6-8-17(27)9-7-14)20(24(32)34-5-2)13(3)29-25(30)35-19/h6-12,21H,4-5H2,1-3H3/b19-11-/t21-/m1/s1. The Morgan fingerprint density at radius 1 is 1.26 bits per heavy atom. The van der Waals surface area contributed by atoms with Gasteiger partial charge in [0.1, 0.15) is 11.6 Å². The minimum absolute atomic E-state index is 0.178. The number of allylic oxidation sites excluding steroid dienone is 1. The van der Waals surface area contributed by atoms with Gasteiger partial charge in [0.15, 0.2) is 4.80 Å². The van der Waals surface area contributed by atoms with Crippen molar-refractivity contribution in [2.45, 2.75) is 26.8 Å². The number of esters is 1. The first-order chi connectivity index (χ1) is 16.7. The predicted octanol–water partition coefficient (Wildman–Crippen LogP) is 4.70. The van der Waals surface area contributed by atoms with Crippen LogP contribution in [0.3, 0.4) is 0 Å². The molecule has 0 N–H and O–H groups in total. The number of aromatic nitrogens is 1. The molecule has 0 amide bonds. The zero-order valence-electron chi connectivity index (χ0n) is 19.1. The van der Waals surface area contributed by atoms with Crippen molar-refractivity contribution in [3.05, 3.63) is 92.3 Å². The molecule has 0 saturated carbocycles. The number of hydrogen-bond acceptors (Lipinski definition) is 6. The molecule has 1 aliphatic rings. The third-order valence-electron chi connectivity index (χ3n) is 5.32. The smallest absolute Gasteiger partial charge is 0.338 e. The van der Waals surface area contributed by atoms with Crippen molar-refractivity contribution in [2.24, 2.45) is 4.99 Å². The molecule has 6 nitrogen and oxygen atoms in total. The highest BCUT2D eigenvalue weighted by Gasteiger charge is 2.33. The number of hydrogen-bond donors (Lipinski definition) is 0. The first-order valence-electron chi connectivity index (χ1n) is 10.8. The van der Waals surface area contributed by atoms with Crippen LogP contribution in [0.5, 0.6) is 5.75 Å². The van der Waals surface area contributed by atoms with Gasteiger partial charge in [0.2, 0.25) is 0 Å². The van der Waals surface area contributed by atoms with Gasteiger partial charge in [-0.05, 0) is 79.3 Å². The molecule has 0 radical (unpaired) electrons. The molecule has 0 saturated heterocycles. The summed E-state index contributed by atoms with van der Waals surface area (Å²) in [6.45, 7) is 5.98. The normalized spacial score (nSPS) is 15.6. The minimum Gasteiger partial charge on any atom is -0.492 e. The minimum atomic E-state index is -0.790. The van der Waals surface area contributed by atoms with Crippen LogP contribution in [-0.2, 0) is 9.53 Å². The van der Waals surface area contributed by atoms with Crippen molar-refractivity contribution < 1.29 is 18.7 Å². The summed E-state index contributed by atoms with van der Waals surface area (Å²) >= 11 is 6.93. The van der Waals surface area contributed by atoms with E-state index in [-0.39, 0.29) is 17.7 Å². The van der Waals surface area contributed by atoms with Crippen LogP contribution in [-0.4, -0.2) is 23.8 Å². The molecule has 1 aromatic heterocycles. The number of nitrogens with zero attached hydrogens (tertiary/aromatic N) is 2. The van der Waals surface area contributed by atoms with Crippen molar-refractivity contribution in [2.75, 3.05) is 13.2 Å². The van der Waals surface area contributed by atoms with Crippen molar-refractivity contribution in [3.63, 3.8) is 0 Å². The molecule has 2 aromatic carbocycles. The summed E-state index contributed by atoms with van der Waals surface area (Å²) in [5.74, 6) is -0.287. The van der Waals surface area contributed by atoms with E-state index in [0.717, 1.165) is 13.6 Å². The Balaban J connectivity index is 1.97. The summed E-state index contributed by atoms with van der Waals surface area (Å²) in [5, 5.41) is 0. The summed E-state index contributed by atoms with van der Waals surface area (Å²) in [7, 11) is 0. The Morgan fingerprint density at radius 2 is 1.97 bits per heavy atom. The van der Waals surface area contributed by atoms with Crippen LogP contribution in [0.25, 0.3) is 6.08 Å². The molecule has 3 aromatic rings. The molecule has 0 aliphatic carbocycles. The highest BCUT2D eigenvalue weighted by molar-refractivity contribution is 14.1. The maximum Gasteiger partial charge on any atom is 0.338 e. The first kappa shape index (κ1) is 25.8. The highest BCUT2D eigenvalue weighted by Crippen LogP contribution is 2.32. The largest absolute Gasteiger partial charge is 0.492 e. The molecular weight excluding hydrogens is 650 g/mol. The SMILES string of the molecule is CCOC(=O)C1=C(C)N=c2s/c(=C\c3cc(Br)cc(I)c3OCC)c(=O)n2[C@@H]1c1ccc(F)cc1. The number of rotatable bonds is 6. The Hall–Kier alpha value is -2.31.